The molecule has 2 aliphatic rings. The number of benzene rings is 2. The zero-order valence-electron chi connectivity index (χ0n) is 19.0. The summed E-state index contributed by atoms with van der Waals surface area (Å²) in [5.41, 5.74) is 2.30. The normalized spacial score (nSPS) is 20.9. The van der Waals surface area contributed by atoms with E-state index in [1.54, 1.807) is 18.2 Å². The van der Waals surface area contributed by atoms with Gasteiger partial charge in [0.2, 0.25) is 15.9 Å². The van der Waals surface area contributed by atoms with Gasteiger partial charge in [0.25, 0.3) is 0 Å². The number of hydrogen-bond acceptors (Lipinski definition) is 5. The summed E-state index contributed by atoms with van der Waals surface area (Å²) in [6.45, 7) is 6.94. The van der Waals surface area contributed by atoms with Gasteiger partial charge in [-0.25, -0.2) is 8.42 Å². The molecule has 1 aliphatic heterocycles. The lowest BCUT2D eigenvalue weighted by molar-refractivity contribution is -0.117. The van der Waals surface area contributed by atoms with Crippen LogP contribution in [-0.4, -0.2) is 58.0 Å². The van der Waals surface area contributed by atoms with Crippen molar-refractivity contribution >= 4 is 38.9 Å². The number of sulfonamides is 1. The van der Waals surface area contributed by atoms with E-state index in [1.807, 2.05) is 38.1 Å². The molecule has 2 atom stereocenters. The number of hydrogen-bond donors (Lipinski definition) is 1. The van der Waals surface area contributed by atoms with Gasteiger partial charge in [-0.3, -0.25) is 4.79 Å². The number of halogens is 1. The Morgan fingerprint density at radius 1 is 1.15 bits per heavy atom. The lowest BCUT2D eigenvalue weighted by Crippen LogP contribution is -2.40. The number of carbonyl (C=O) groups is 1. The fourth-order valence-corrected chi connectivity index (χ4v) is 6.09. The van der Waals surface area contributed by atoms with E-state index in [-0.39, 0.29) is 22.6 Å². The summed E-state index contributed by atoms with van der Waals surface area (Å²) in [7, 11) is -3.67. The molecule has 1 saturated carbocycles. The lowest BCUT2D eigenvalue weighted by atomic mass is 10.1. The van der Waals surface area contributed by atoms with Crippen LogP contribution in [0.5, 0.6) is 0 Å². The molecule has 2 fully saturated rings. The van der Waals surface area contributed by atoms with Gasteiger partial charge in [-0.05, 0) is 56.0 Å². The second kappa shape index (κ2) is 10.0. The highest BCUT2D eigenvalue weighted by Gasteiger charge is 2.45. The molecule has 4 rings (SSSR count). The van der Waals surface area contributed by atoms with Crippen LogP contribution < -0.4 is 10.2 Å². The van der Waals surface area contributed by atoms with E-state index in [4.69, 9.17) is 16.3 Å². The highest BCUT2D eigenvalue weighted by Crippen LogP contribution is 2.50. The van der Waals surface area contributed by atoms with Crippen molar-refractivity contribution < 1.29 is 17.9 Å². The Bertz CT molecular complexity index is 1110. The third-order valence-electron chi connectivity index (χ3n) is 6.37. The van der Waals surface area contributed by atoms with Crippen LogP contribution in [0.15, 0.2) is 47.4 Å². The van der Waals surface area contributed by atoms with Crippen molar-refractivity contribution in [3.63, 3.8) is 0 Å². The van der Waals surface area contributed by atoms with Crippen LogP contribution in [-0.2, 0) is 19.6 Å². The minimum Gasteiger partial charge on any atom is -0.379 e. The van der Waals surface area contributed by atoms with Gasteiger partial charge < -0.3 is 15.0 Å². The van der Waals surface area contributed by atoms with Crippen LogP contribution in [0.3, 0.4) is 0 Å². The molecule has 1 heterocycles. The van der Waals surface area contributed by atoms with E-state index < -0.39 is 10.0 Å². The SMILES string of the molecule is CCN(CC)c1ccc(S(=O)(=O)N2CCOCC2)cc1NC(=O)C1CC1c1ccccc1Cl. The van der Waals surface area contributed by atoms with E-state index in [2.05, 4.69) is 10.2 Å². The third-order valence-corrected chi connectivity index (χ3v) is 8.61. The first-order valence-electron chi connectivity index (χ1n) is 11.4. The Kier molecular flexibility index (Phi) is 7.28. The number of nitrogens with zero attached hydrogens (tertiary/aromatic N) is 2. The molecule has 7 nitrogen and oxygen atoms in total. The predicted molar refractivity (Wildman–Crippen MR) is 131 cm³/mol. The summed E-state index contributed by atoms with van der Waals surface area (Å²) < 4.78 is 33.1. The summed E-state index contributed by atoms with van der Waals surface area (Å²) in [5.74, 6) is -0.223. The molecule has 2 aromatic carbocycles. The fraction of sp³-hybridized carbons (Fsp3) is 0.458. The molecule has 1 amide bonds. The van der Waals surface area contributed by atoms with Crippen molar-refractivity contribution in [2.24, 2.45) is 5.92 Å². The van der Waals surface area contributed by atoms with Crippen molar-refractivity contribution in [2.75, 3.05) is 49.6 Å². The second-order valence-electron chi connectivity index (χ2n) is 8.33. The van der Waals surface area contributed by atoms with Crippen LogP contribution >= 0.6 is 11.6 Å². The van der Waals surface area contributed by atoms with Gasteiger partial charge in [-0.1, -0.05) is 29.8 Å². The number of rotatable bonds is 8. The Morgan fingerprint density at radius 2 is 1.85 bits per heavy atom. The molecule has 0 spiro atoms. The molecule has 2 unspecified atom stereocenters. The van der Waals surface area contributed by atoms with Gasteiger partial charge in [0, 0.05) is 37.1 Å². The molecular formula is C24H30ClN3O4S. The maximum absolute atomic E-state index is 13.2. The number of carbonyl (C=O) groups excluding carboxylic acids is 1. The smallest absolute Gasteiger partial charge is 0.243 e. The summed E-state index contributed by atoms with van der Waals surface area (Å²) in [6, 6.07) is 12.6. The molecular weight excluding hydrogens is 462 g/mol. The molecule has 2 aromatic rings. The average Bonchev–Trinajstić information content (AvgIpc) is 3.62. The topological polar surface area (TPSA) is 79.0 Å². The van der Waals surface area contributed by atoms with Crippen LogP contribution in [0.25, 0.3) is 0 Å². The highest BCUT2D eigenvalue weighted by molar-refractivity contribution is 7.89. The fourth-order valence-electron chi connectivity index (χ4n) is 4.38. The van der Waals surface area contributed by atoms with E-state index in [0.717, 1.165) is 30.8 Å². The summed E-state index contributed by atoms with van der Waals surface area (Å²) in [5, 5.41) is 3.69. The first kappa shape index (κ1) is 24.0. The molecule has 33 heavy (non-hydrogen) atoms. The molecule has 1 saturated heterocycles. The third kappa shape index (κ3) is 5.04. The van der Waals surface area contributed by atoms with Crippen molar-refractivity contribution in [1.29, 1.82) is 0 Å². The second-order valence-corrected chi connectivity index (χ2v) is 10.7. The number of nitrogens with one attached hydrogen (secondary N) is 1. The molecule has 0 radical (unpaired) electrons. The van der Waals surface area contributed by atoms with Gasteiger partial charge in [-0.15, -0.1) is 0 Å². The summed E-state index contributed by atoms with van der Waals surface area (Å²) >= 11 is 6.32. The molecule has 178 valence electrons. The first-order chi connectivity index (χ1) is 15.9. The Balaban J connectivity index is 1.60. The molecule has 0 bridgehead atoms. The van der Waals surface area contributed by atoms with Gasteiger partial charge >= 0.3 is 0 Å². The van der Waals surface area contributed by atoms with Gasteiger partial charge in [0.05, 0.1) is 29.5 Å². The lowest BCUT2D eigenvalue weighted by Gasteiger charge is -2.28. The number of amides is 1. The Morgan fingerprint density at radius 3 is 2.52 bits per heavy atom. The molecule has 1 N–H and O–H groups in total. The summed E-state index contributed by atoms with van der Waals surface area (Å²) in [6.07, 6.45) is 0.724. The predicted octanol–water partition coefficient (Wildman–Crippen LogP) is 3.95. The summed E-state index contributed by atoms with van der Waals surface area (Å²) in [4.78, 5) is 15.4. The standard InChI is InChI=1S/C24H30ClN3O4S/c1-3-27(4-2)23-10-9-17(33(30,31)28-11-13-32-14-12-28)15-22(23)26-24(29)20-16-19(20)18-7-5-6-8-21(18)25/h5-10,15,19-20H,3-4,11-14,16H2,1-2H3,(H,26,29). The molecule has 9 heteroatoms. The van der Waals surface area contributed by atoms with E-state index in [9.17, 15) is 13.2 Å². The monoisotopic (exact) mass is 491 g/mol. The maximum Gasteiger partial charge on any atom is 0.243 e. The van der Waals surface area contributed by atoms with Gasteiger partial charge in [0.1, 0.15) is 0 Å². The zero-order chi connectivity index (χ0) is 23.6. The highest BCUT2D eigenvalue weighted by atomic mass is 35.5. The maximum atomic E-state index is 13.2. The van der Waals surface area contributed by atoms with E-state index >= 15 is 0 Å². The minimum atomic E-state index is -3.67. The van der Waals surface area contributed by atoms with Crippen LogP contribution in [0.4, 0.5) is 11.4 Å². The van der Waals surface area contributed by atoms with Crippen LogP contribution in [0, 0.1) is 5.92 Å². The zero-order valence-corrected chi connectivity index (χ0v) is 20.5. The molecule has 1 aliphatic carbocycles. The average molecular weight is 492 g/mol. The van der Waals surface area contributed by atoms with Crippen molar-refractivity contribution in [3.8, 4) is 0 Å². The van der Waals surface area contributed by atoms with E-state index in [1.165, 1.54) is 4.31 Å². The van der Waals surface area contributed by atoms with Gasteiger partial charge in [-0.2, -0.15) is 4.31 Å². The Hall–Kier alpha value is -2.13. The Labute approximate surface area is 200 Å². The minimum absolute atomic E-state index is 0.0795. The quantitative estimate of drug-likeness (QED) is 0.605. The van der Waals surface area contributed by atoms with Gasteiger partial charge in [0.15, 0.2) is 0 Å². The molecule has 0 aromatic heterocycles. The first-order valence-corrected chi connectivity index (χ1v) is 13.2. The van der Waals surface area contributed by atoms with Crippen molar-refractivity contribution in [1.82, 2.24) is 4.31 Å². The van der Waals surface area contributed by atoms with Crippen LogP contribution in [0.2, 0.25) is 5.02 Å². The number of morpholine rings is 1. The van der Waals surface area contributed by atoms with Crippen molar-refractivity contribution in [2.45, 2.75) is 31.1 Å². The van der Waals surface area contributed by atoms with Crippen molar-refractivity contribution in [3.05, 3.63) is 53.1 Å². The van der Waals surface area contributed by atoms with E-state index in [0.29, 0.717) is 37.0 Å². The van der Waals surface area contributed by atoms with Crippen LogP contribution in [0.1, 0.15) is 31.7 Å². The largest absolute Gasteiger partial charge is 0.379 e. The number of anilines is 2. The number of ether oxygens (including phenoxy) is 1.